The van der Waals surface area contributed by atoms with E-state index >= 15 is 8.78 Å². The molecule has 0 saturated carbocycles. The summed E-state index contributed by atoms with van der Waals surface area (Å²) in [5, 5.41) is 26.8. The normalized spacial score (nSPS) is 19.1. The van der Waals surface area contributed by atoms with Crippen LogP contribution in [0.15, 0.2) is 48.5 Å². The van der Waals surface area contributed by atoms with Gasteiger partial charge in [0.15, 0.2) is 0 Å². The van der Waals surface area contributed by atoms with Crippen LogP contribution in [0.4, 0.5) is 19.3 Å². The standard InChI is InChI=1S/C40H45Cl2F2N3O10/c1-39(2,3)20-31-40(22-45,27-11-9-23(41)19-29(27)43)32(25-7-6-8-28(42)33(25)44)34(47-31)36(48)46-30-12-10-24(37(49)50)26(35(30)53-5)21-57-38(51)56-18-17-55-16-15-54-14-13-52-4/h6-12,19,31-32,34,47H,13-18,20-21H2,1-5H3,(H,46,48)(H,49,50)/t31-,32-,34+,40-/m0/s1. The number of rotatable bonds is 18. The maximum Gasteiger partial charge on any atom is 0.508 e. The number of carbonyl (C=O) groups is 3. The van der Waals surface area contributed by atoms with E-state index in [2.05, 4.69) is 16.7 Å². The van der Waals surface area contributed by atoms with Gasteiger partial charge in [0.25, 0.3) is 0 Å². The van der Waals surface area contributed by atoms with Crippen molar-refractivity contribution in [3.63, 3.8) is 0 Å². The highest BCUT2D eigenvalue weighted by Crippen LogP contribution is 2.53. The van der Waals surface area contributed by atoms with Crippen molar-refractivity contribution in [3.05, 3.63) is 92.5 Å². The molecule has 3 aromatic carbocycles. The summed E-state index contributed by atoms with van der Waals surface area (Å²) in [7, 11) is 2.77. The first-order valence-electron chi connectivity index (χ1n) is 17.8. The minimum absolute atomic E-state index is 0.0393. The first-order valence-corrected chi connectivity index (χ1v) is 18.6. The highest BCUT2D eigenvalue weighted by Gasteiger charge is 2.61. The van der Waals surface area contributed by atoms with Gasteiger partial charge in [-0.3, -0.25) is 4.79 Å². The minimum atomic E-state index is -1.89. The van der Waals surface area contributed by atoms with Crippen molar-refractivity contribution >= 4 is 46.9 Å². The van der Waals surface area contributed by atoms with Gasteiger partial charge in [0.2, 0.25) is 5.91 Å². The van der Waals surface area contributed by atoms with Gasteiger partial charge in [-0.15, -0.1) is 0 Å². The molecule has 1 heterocycles. The summed E-state index contributed by atoms with van der Waals surface area (Å²) in [6.45, 7) is 6.35. The zero-order chi connectivity index (χ0) is 41.9. The van der Waals surface area contributed by atoms with Gasteiger partial charge in [-0.2, -0.15) is 5.26 Å². The Hall–Kier alpha value is -4.56. The van der Waals surface area contributed by atoms with Crippen molar-refractivity contribution in [3.8, 4) is 11.8 Å². The van der Waals surface area contributed by atoms with E-state index in [0.717, 1.165) is 6.07 Å². The number of hydrogen-bond acceptors (Lipinski definition) is 11. The Morgan fingerprint density at radius 2 is 1.65 bits per heavy atom. The van der Waals surface area contributed by atoms with E-state index in [9.17, 15) is 24.8 Å². The van der Waals surface area contributed by atoms with Gasteiger partial charge >= 0.3 is 12.1 Å². The highest BCUT2D eigenvalue weighted by atomic mass is 35.5. The van der Waals surface area contributed by atoms with Crippen molar-refractivity contribution in [1.29, 1.82) is 5.26 Å². The molecule has 4 rings (SSSR count). The van der Waals surface area contributed by atoms with Crippen LogP contribution < -0.4 is 15.4 Å². The Bertz CT molecular complexity index is 1960. The van der Waals surface area contributed by atoms with Crippen molar-refractivity contribution in [2.45, 2.75) is 57.2 Å². The lowest BCUT2D eigenvalue weighted by Crippen LogP contribution is -2.45. The molecular formula is C40H45Cl2F2N3O10. The second kappa shape index (κ2) is 20.2. The van der Waals surface area contributed by atoms with Gasteiger partial charge in [-0.25, -0.2) is 18.4 Å². The van der Waals surface area contributed by atoms with E-state index in [1.165, 1.54) is 49.6 Å². The van der Waals surface area contributed by atoms with E-state index < -0.39 is 65.1 Å². The lowest BCUT2D eigenvalue weighted by atomic mass is 9.62. The van der Waals surface area contributed by atoms with Gasteiger partial charge in [0.05, 0.1) is 68.5 Å². The number of carboxylic acids is 1. The predicted octanol–water partition coefficient (Wildman–Crippen LogP) is 7.27. The SMILES string of the molecule is COCCOCCOCCOC(=O)OCc1c(C(=O)O)ccc(NC(=O)[C@@H]2N[C@@H](CC(C)(C)C)[C@](C#N)(c3ccc(Cl)cc3F)[C@H]2c2cccc(Cl)c2F)c1OC. The van der Waals surface area contributed by atoms with Crippen molar-refractivity contribution in [2.24, 2.45) is 5.41 Å². The number of carbonyl (C=O) groups excluding carboxylic acids is 2. The number of amides is 1. The Kier molecular flexibility index (Phi) is 16.0. The highest BCUT2D eigenvalue weighted by molar-refractivity contribution is 6.31. The molecule has 1 amide bonds. The van der Waals surface area contributed by atoms with Crippen LogP contribution in [0.2, 0.25) is 10.0 Å². The Morgan fingerprint density at radius 1 is 0.965 bits per heavy atom. The van der Waals surface area contributed by atoms with E-state index in [1.807, 2.05) is 20.8 Å². The summed E-state index contributed by atoms with van der Waals surface area (Å²) in [5.74, 6) is -5.47. The third kappa shape index (κ3) is 10.9. The van der Waals surface area contributed by atoms with Gasteiger partial charge in [0, 0.05) is 35.2 Å². The first-order chi connectivity index (χ1) is 27.1. The molecule has 4 atom stereocenters. The summed E-state index contributed by atoms with van der Waals surface area (Å²) in [6.07, 6.45) is -0.897. The Morgan fingerprint density at radius 3 is 2.26 bits per heavy atom. The quantitative estimate of drug-likeness (QED) is 0.0865. The second-order valence-corrected chi connectivity index (χ2v) is 15.1. The number of anilines is 1. The van der Waals surface area contributed by atoms with Crippen LogP contribution in [0.5, 0.6) is 5.75 Å². The van der Waals surface area contributed by atoms with Crippen LogP contribution in [0.1, 0.15) is 60.2 Å². The maximum atomic E-state index is 16.1. The number of aromatic carboxylic acids is 1. The van der Waals surface area contributed by atoms with Crippen LogP contribution in [-0.2, 0) is 40.5 Å². The summed E-state index contributed by atoms with van der Waals surface area (Å²) in [4.78, 5) is 39.2. The molecular weight excluding hydrogens is 791 g/mol. The summed E-state index contributed by atoms with van der Waals surface area (Å²) in [6, 6.07) is 10.4. The zero-order valence-electron chi connectivity index (χ0n) is 32.1. The molecule has 0 aliphatic carbocycles. The van der Waals surface area contributed by atoms with Crippen molar-refractivity contribution in [2.75, 3.05) is 59.2 Å². The van der Waals surface area contributed by atoms with Crippen LogP contribution in [0, 0.1) is 28.4 Å². The molecule has 308 valence electrons. The zero-order valence-corrected chi connectivity index (χ0v) is 33.6. The lowest BCUT2D eigenvalue weighted by Gasteiger charge is -2.37. The molecule has 13 nitrogen and oxygen atoms in total. The molecule has 1 fully saturated rings. The van der Waals surface area contributed by atoms with Crippen LogP contribution in [-0.4, -0.2) is 89.1 Å². The van der Waals surface area contributed by atoms with Gasteiger partial charge in [-0.05, 0) is 47.7 Å². The fourth-order valence-corrected chi connectivity index (χ4v) is 7.23. The van der Waals surface area contributed by atoms with E-state index in [0.29, 0.717) is 19.8 Å². The first kappa shape index (κ1) is 45.1. The number of benzene rings is 3. The number of nitrogens with zero attached hydrogens (tertiary/aromatic N) is 1. The minimum Gasteiger partial charge on any atom is -0.494 e. The molecule has 1 saturated heterocycles. The molecule has 3 N–H and O–H groups in total. The molecule has 57 heavy (non-hydrogen) atoms. The number of nitrogens with one attached hydrogen (secondary N) is 2. The molecule has 1 aliphatic rings. The molecule has 0 aromatic heterocycles. The topological polar surface area (TPSA) is 175 Å². The third-order valence-electron chi connectivity index (χ3n) is 9.27. The summed E-state index contributed by atoms with van der Waals surface area (Å²) >= 11 is 12.4. The Balaban J connectivity index is 1.68. The largest absolute Gasteiger partial charge is 0.508 e. The summed E-state index contributed by atoms with van der Waals surface area (Å²) < 4.78 is 63.4. The molecule has 3 aromatic rings. The average Bonchev–Trinajstić information content (AvgIpc) is 3.46. The molecule has 0 bridgehead atoms. The van der Waals surface area contributed by atoms with Crippen molar-refractivity contribution in [1.82, 2.24) is 5.32 Å². The van der Waals surface area contributed by atoms with E-state index in [4.69, 9.17) is 51.6 Å². The average molecular weight is 837 g/mol. The number of nitriles is 1. The number of hydrogen-bond donors (Lipinski definition) is 3. The number of methoxy groups -OCH3 is 2. The Labute approximate surface area is 339 Å². The second-order valence-electron chi connectivity index (χ2n) is 14.3. The third-order valence-corrected chi connectivity index (χ3v) is 9.80. The van der Waals surface area contributed by atoms with E-state index in [1.54, 1.807) is 7.11 Å². The predicted molar refractivity (Wildman–Crippen MR) is 206 cm³/mol. The summed E-state index contributed by atoms with van der Waals surface area (Å²) in [5.41, 5.74) is -3.08. The molecule has 0 spiro atoms. The maximum absolute atomic E-state index is 16.1. The van der Waals surface area contributed by atoms with E-state index in [-0.39, 0.29) is 70.0 Å². The van der Waals surface area contributed by atoms with Crippen LogP contribution in [0.3, 0.4) is 0 Å². The van der Waals surface area contributed by atoms with Crippen LogP contribution >= 0.6 is 23.2 Å². The molecule has 17 heteroatoms. The molecule has 0 radical (unpaired) electrons. The number of carboxylic acid groups (broad SMARTS) is 1. The fourth-order valence-electron chi connectivity index (χ4n) is 6.89. The number of halogens is 4. The monoisotopic (exact) mass is 835 g/mol. The van der Waals surface area contributed by atoms with Gasteiger partial charge in [-0.1, -0.05) is 62.2 Å². The van der Waals surface area contributed by atoms with Gasteiger partial charge in [0.1, 0.15) is 36.0 Å². The number of ether oxygens (including phenoxy) is 6. The molecule has 1 aliphatic heterocycles. The smallest absolute Gasteiger partial charge is 0.494 e. The van der Waals surface area contributed by atoms with Crippen molar-refractivity contribution < 1.29 is 56.7 Å². The fraction of sp³-hybridized carbons (Fsp3) is 0.450. The lowest BCUT2D eigenvalue weighted by molar-refractivity contribution is -0.118. The van der Waals surface area contributed by atoms with Gasteiger partial charge < -0.3 is 44.2 Å². The van der Waals surface area contributed by atoms with Crippen LogP contribution in [0.25, 0.3) is 0 Å². The molecule has 0 unspecified atom stereocenters.